The van der Waals surface area contributed by atoms with Crippen LogP contribution in [0.2, 0.25) is 0 Å². The van der Waals surface area contributed by atoms with Gasteiger partial charge in [0.15, 0.2) is 5.82 Å². The van der Waals surface area contributed by atoms with Crippen molar-refractivity contribution >= 4 is 5.82 Å². The Balaban J connectivity index is 2.06. The minimum atomic E-state index is 0.397. The van der Waals surface area contributed by atoms with E-state index >= 15 is 0 Å². The van der Waals surface area contributed by atoms with E-state index in [2.05, 4.69) is 30.8 Å². The fraction of sp³-hybridized carbons (Fsp3) is 0.750. The van der Waals surface area contributed by atoms with Crippen molar-refractivity contribution in [2.24, 2.45) is 24.1 Å². The third-order valence-corrected chi connectivity index (χ3v) is 3.51. The number of aromatic nitrogens is 2. The SMILES string of the molecule is Cn1cc(CN)c(N2CC(C(C)(C)C)C2)n1. The third-order valence-electron chi connectivity index (χ3n) is 3.51. The molecule has 1 saturated heterocycles. The van der Waals surface area contributed by atoms with Crippen molar-refractivity contribution in [3.05, 3.63) is 11.8 Å². The van der Waals surface area contributed by atoms with Crippen LogP contribution in [0.15, 0.2) is 6.20 Å². The van der Waals surface area contributed by atoms with E-state index < -0.39 is 0 Å². The minimum absolute atomic E-state index is 0.397. The quantitative estimate of drug-likeness (QED) is 0.822. The van der Waals surface area contributed by atoms with Crippen LogP contribution in [0, 0.1) is 11.3 Å². The highest BCUT2D eigenvalue weighted by molar-refractivity contribution is 5.48. The smallest absolute Gasteiger partial charge is 0.155 e. The average Bonchev–Trinajstić information content (AvgIpc) is 2.41. The highest BCUT2D eigenvalue weighted by Crippen LogP contribution is 2.36. The van der Waals surface area contributed by atoms with E-state index in [-0.39, 0.29) is 0 Å². The Morgan fingerprint density at radius 1 is 1.44 bits per heavy atom. The Bertz CT molecular complexity index is 369. The summed E-state index contributed by atoms with van der Waals surface area (Å²) in [6.07, 6.45) is 2.01. The molecule has 4 heteroatoms. The second-order valence-corrected chi connectivity index (χ2v) is 5.82. The molecule has 0 saturated carbocycles. The van der Waals surface area contributed by atoms with Crippen LogP contribution in [0.3, 0.4) is 0 Å². The largest absolute Gasteiger partial charge is 0.354 e. The van der Waals surface area contributed by atoms with Gasteiger partial charge in [0.1, 0.15) is 0 Å². The average molecular weight is 222 g/mol. The standard InChI is InChI=1S/C12H22N4/c1-12(2,3)10-7-16(8-10)11-9(5-13)6-15(4)14-11/h6,10H,5,7-8,13H2,1-4H3. The molecule has 2 rings (SSSR count). The molecule has 0 amide bonds. The molecule has 1 aliphatic rings. The van der Waals surface area contributed by atoms with Gasteiger partial charge in [-0.25, -0.2) is 0 Å². The van der Waals surface area contributed by atoms with Gasteiger partial charge in [-0.15, -0.1) is 0 Å². The van der Waals surface area contributed by atoms with E-state index in [1.807, 2.05) is 17.9 Å². The molecule has 0 atom stereocenters. The van der Waals surface area contributed by atoms with Gasteiger partial charge in [-0.1, -0.05) is 20.8 Å². The molecule has 0 bridgehead atoms. The molecule has 90 valence electrons. The van der Waals surface area contributed by atoms with Crippen LogP contribution in [0.4, 0.5) is 5.82 Å². The number of rotatable bonds is 2. The first kappa shape index (κ1) is 11.5. The van der Waals surface area contributed by atoms with Gasteiger partial charge in [-0.3, -0.25) is 4.68 Å². The maximum atomic E-state index is 5.72. The topological polar surface area (TPSA) is 47.1 Å². The summed E-state index contributed by atoms with van der Waals surface area (Å²) in [6.45, 7) is 9.69. The number of aryl methyl sites for hydroxylation is 1. The molecule has 2 heterocycles. The van der Waals surface area contributed by atoms with Gasteiger partial charge in [0, 0.05) is 38.4 Å². The van der Waals surface area contributed by atoms with Gasteiger partial charge < -0.3 is 10.6 Å². The summed E-state index contributed by atoms with van der Waals surface area (Å²) in [6, 6.07) is 0. The number of nitrogens with zero attached hydrogens (tertiary/aromatic N) is 3. The van der Waals surface area contributed by atoms with Crippen molar-refractivity contribution in [1.82, 2.24) is 9.78 Å². The first-order valence-electron chi connectivity index (χ1n) is 5.89. The first-order valence-corrected chi connectivity index (χ1v) is 5.89. The van der Waals surface area contributed by atoms with Gasteiger partial charge in [0.2, 0.25) is 0 Å². The van der Waals surface area contributed by atoms with Gasteiger partial charge in [0.05, 0.1) is 0 Å². The molecule has 1 aliphatic heterocycles. The summed E-state index contributed by atoms with van der Waals surface area (Å²) >= 11 is 0. The molecule has 1 aromatic rings. The number of anilines is 1. The van der Waals surface area contributed by atoms with Crippen LogP contribution in [0.25, 0.3) is 0 Å². The van der Waals surface area contributed by atoms with Crippen molar-refractivity contribution in [1.29, 1.82) is 0 Å². The maximum absolute atomic E-state index is 5.72. The molecular formula is C12H22N4. The summed E-state index contributed by atoms with van der Waals surface area (Å²) in [5.41, 5.74) is 7.27. The van der Waals surface area contributed by atoms with Gasteiger partial charge in [-0.2, -0.15) is 5.10 Å². The zero-order valence-corrected chi connectivity index (χ0v) is 10.7. The lowest BCUT2D eigenvalue weighted by Gasteiger charge is -2.46. The van der Waals surface area contributed by atoms with Gasteiger partial charge in [0.25, 0.3) is 0 Å². The molecule has 16 heavy (non-hydrogen) atoms. The molecule has 2 N–H and O–H groups in total. The van der Waals surface area contributed by atoms with Crippen molar-refractivity contribution in [2.75, 3.05) is 18.0 Å². The molecule has 0 spiro atoms. The molecule has 0 aromatic carbocycles. The lowest BCUT2D eigenvalue weighted by atomic mass is 9.76. The maximum Gasteiger partial charge on any atom is 0.155 e. The van der Waals surface area contributed by atoms with E-state index in [9.17, 15) is 0 Å². The highest BCUT2D eigenvalue weighted by Gasteiger charge is 2.37. The first-order chi connectivity index (χ1) is 7.41. The zero-order chi connectivity index (χ0) is 11.9. The molecule has 1 fully saturated rings. The number of hydrogen-bond donors (Lipinski definition) is 1. The Labute approximate surface area is 97.4 Å². The number of hydrogen-bond acceptors (Lipinski definition) is 3. The van der Waals surface area contributed by atoms with E-state index in [4.69, 9.17) is 5.73 Å². The number of nitrogens with two attached hydrogens (primary N) is 1. The Hall–Kier alpha value is -1.03. The third kappa shape index (κ3) is 1.94. The van der Waals surface area contributed by atoms with Gasteiger partial charge in [-0.05, 0) is 11.3 Å². The lowest BCUT2D eigenvalue weighted by molar-refractivity contribution is 0.194. The van der Waals surface area contributed by atoms with Crippen LogP contribution < -0.4 is 10.6 Å². The normalized spacial score (nSPS) is 17.7. The fourth-order valence-electron chi connectivity index (χ4n) is 2.14. The van der Waals surface area contributed by atoms with Crippen LogP contribution in [-0.4, -0.2) is 22.9 Å². The van der Waals surface area contributed by atoms with E-state index in [1.165, 1.54) is 0 Å². The van der Waals surface area contributed by atoms with Crippen LogP contribution >= 0.6 is 0 Å². The molecule has 0 unspecified atom stereocenters. The molecular weight excluding hydrogens is 200 g/mol. The van der Waals surface area contributed by atoms with E-state index in [0.29, 0.717) is 12.0 Å². The minimum Gasteiger partial charge on any atom is -0.354 e. The Morgan fingerprint density at radius 2 is 2.06 bits per heavy atom. The zero-order valence-electron chi connectivity index (χ0n) is 10.7. The predicted octanol–water partition coefficient (Wildman–Crippen LogP) is 1.36. The van der Waals surface area contributed by atoms with Crippen molar-refractivity contribution < 1.29 is 0 Å². The van der Waals surface area contributed by atoms with Crippen molar-refractivity contribution in [3.63, 3.8) is 0 Å². The second kappa shape index (κ2) is 3.77. The monoisotopic (exact) mass is 222 g/mol. The summed E-state index contributed by atoms with van der Waals surface area (Å²) in [5, 5.41) is 4.48. The van der Waals surface area contributed by atoms with E-state index in [1.54, 1.807) is 0 Å². The van der Waals surface area contributed by atoms with E-state index in [0.717, 1.165) is 30.4 Å². The van der Waals surface area contributed by atoms with Crippen LogP contribution in [0.1, 0.15) is 26.3 Å². The molecule has 4 nitrogen and oxygen atoms in total. The summed E-state index contributed by atoms with van der Waals surface area (Å²) in [7, 11) is 1.95. The second-order valence-electron chi connectivity index (χ2n) is 5.82. The Morgan fingerprint density at radius 3 is 2.56 bits per heavy atom. The fourth-order valence-corrected chi connectivity index (χ4v) is 2.14. The molecule has 0 aliphatic carbocycles. The van der Waals surface area contributed by atoms with Gasteiger partial charge >= 0.3 is 0 Å². The lowest BCUT2D eigenvalue weighted by Crippen LogP contribution is -2.52. The van der Waals surface area contributed by atoms with Crippen molar-refractivity contribution in [3.8, 4) is 0 Å². The summed E-state index contributed by atoms with van der Waals surface area (Å²) < 4.78 is 1.85. The Kier molecular flexibility index (Phi) is 2.70. The van der Waals surface area contributed by atoms with Crippen LogP contribution in [-0.2, 0) is 13.6 Å². The molecule has 0 radical (unpaired) electrons. The van der Waals surface area contributed by atoms with Crippen LogP contribution in [0.5, 0.6) is 0 Å². The highest BCUT2D eigenvalue weighted by atomic mass is 15.4. The summed E-state index contributed by atoms with van der Waals surface area (Å²) in [4.78, 5) is 2.33. The predicted molar refractivity (Wildman–Crippen MR) is 66.3 cm³/mol. The van der Waals surface area contributed by atoms with Crippen molar-refractivity contribution in [2.45, 2.75) is 27.3 Å². The summed E-state index contributed by atoms with van der Waals surface area (Å²) in [5.74, 6) is 1.84. The molecule has 1 aromatic heterocycles.